The molecule has 0 nitrogen and oxygen atoms in total. The van der Waals surface area contributed by atoms with Crippen molar-refractivity contribution in [2.24, 2.45) is 0 Å². The van der Waals surface area contributed by atoms with Crippen LogP contribution in [-0.2, 0) is 0 Å². The molecule has 1 aliphatic rings. The van der Waals surface area contributed by atoms with Crippen molar-refractivity contribution < 1.29 is 0 Å². The van der Waals surface area contributed by atoms with Gasteiger partial charge in [-0.3, -0.25) is 0 Å². The van der Waals surface area contributed by atoms with Gasteiger partial charge in [0, 0.05) is 5.38 Å². The average Bonchev–Trinajstić information content (AvgIpc) is 2.73. The molecule has 2 unspecified atom stereocenters. The van der Waals surface area contributed by atoms with Gasteiger partial charge in [-0.1, -0.05) is 67.4 Å². The first-order valence-electron chi connectivity index (χ1n) is 7.62. The third kappa shape index (κ3) is 3.24. The van der Waals surface area contributed by atoms with Crippen molar-refractivity contribution in [3.63, 3.8) is 0 Å². The first-order valence-corrected chi connectivity index (χ1v) is 8.06. The Bertz CT molecular complexity index is 529. The quantitative estimate of drug-likeness (QED) is 0.468. The Kier molecular flexibility index (Phi) is 4.42. The van der Waals surface area contributed by atoms with Crippen LogP contribution in [0.5, 0.6) is 0 Å². The molecule has 20 heavy (non-hydrogen) atoms. The van der Waals surface area contributed by atoms with E-state index in [1.54, 1.807) is 0 Å². The van der Waals surface area contributed by atoms with Gasteiger partial charge in [-0.05, 0) is 41.9 Å². The molecule has 1 saturated carbocycles. The largest absolute Gasteiger partial charge is 0.123 e. The molecule has 1 fully saturated rings. The molecular formula is C19H21Cl. The molecule has 0 amide bonds. The number of benzene rings is 2. The minimum Gasteiger partial charge on any atom is -0.123 e. The second-order valence-corrected chi connectivity index (χ2v) is 6.42. The summed E-state index contributed by atoms with van der Waals surface area (Å²) in [6, 6.07) is 19.6. The molecule has 0 saturated heterocycles. The van der Waals surface area contributed by atoms with Gasteiger partial charge in [-0.15, -0.1) is 11.6 Å². The van der Waals surface area contributed by atoms with E-state index in [1.807, 2.05) is 0 Å². The van der Waals surface area contributed by atoms with Gasteiger partial charge in [0.15, 0.2) is 0 Å². The second kappa shape index (κ2) is 6.45. The summed E-state index contributed by atoms with van der Waals surface area (Å²) >= 11 is 6.39. The number of rotatable bonds is 2. The predicted molar refractivity (Wildman–Crippen MR) is 87.3 cm³/mol. The Morgan fingerprint density at radius 3 is 2.15 bits per heavy atom. The first kappa shape index (κ1) is 13.7. The van der Waals surface area contributed by atoms with E-state index in [1.165, 1.54) is 42.4 Å². The molecule has 0 aliphatic heterocycles. The van der Waals surface area contributed by atoms with E-state index in [4.69, 9.17) is 11.6 Å². The SMILES string of the molecule is ClC1CCCCC(c2ccc(-c3ccccc3)cc2)C1. The lowest BCUT2D eigenvalue weighted by Crippen LogP contribution is -2.04. The number of alkyl halides is 1. The summed E-state index contributed by atoms with van der Waals surface area (Å²) in [5.74, 6) is 0.643. The third-order valence-corrected chi connectivity index (χ3v) is 4.75. The van der Waals surface area contributed by atoms with Crippen LogP contribution < -0.4 is 0 Å². The predicted octanol–water partition coefficient (Wildman–Crippen LogP) is 6.01. The Balaban J connectivity index is 1.79. The maximum atomic E-state index is 6.39. The molecule has 0 radical (unpaired) electrons. The Labute approximate surface area is 126 Å². The number of halogens is 1. The van der Waals surface area contributed by atoms with Crippen LogP contribution in [0.2, 0.25) is 0 Å². The van der Waals surface area contributed by atoms with Crippen molar-refractivity contribution in [3.05, 3.63) is 60.2 Å². The monoisotopic (exact) mass is 284 g/mol. The molecule has 2 aromatic rings. The Hall–Kier alpha value is -1.27. The van der Waals surface area contributed by atoms with Crippen LogP contribution in [0.3, 0.4) is 0 Å². The minimum atomic E-state index is 0.358. The molecule has 0 heterocycles. The topological polar surface area (TPSA) is 0 Å². The molecule has 0 bridgehead atoms. The maximum Gasteiger partial charge on any atom is 0.0341 e. The summed E-state index contributed by atoms with van der Waals surface area (Å²) in [4.78, 5) is 0. The molecule has 3 rings (SSSR count). The fourth-order valence-corrected chi connectivity index (χ4v) is 3.55. The smallest absolute Gasteiger partial charge is 0.0341 e. The highest BCUT2D eigenvalue weighted by molar-refractivity contribution is 6.20. The van der Waals surface area contributed by atoms with Gasteiger partial charge in [-0.2, -0.15) is 0 Å². The molecule has 0 aromatic heterocycles. The lowest BCUT2D eigenvalue weighted by molar-refractivity contribution is 0.595. The van der Waals surface area contributed by atoms with Gasteiger partial charge >= 0.3 is 0 Å². The zero-order valence-electron chi connectivity index (χ0n) is 11.8. The van der Waals surface area contributed by atoms with Gasteiger partial charge in [0.25, 0.3) is 0 Å². The molecule has 1 aliphatic carbocycles. The van der Waals surface area contributed by atoms with Crippen LogP contribution in [0.4, 0.5) is 0 Å². The van der Waals surface area contributed by atoms with Crippen molar-refractivity contribution >= 4 is 11.6 Å². The van der Waals surface area contributed by atoms with Crippen LogP contribution in [-0.4, -0.2) is 5.38 Å². The molecule has 1 heteroatoms. The van der Waals surface area contributed by atoms with Gasteiger partial charge in [0.1, 0.15) is 0 Å². The summed E-state index contributed by atoms with van der Waals surface area (Å²) in [6.07, 6.45) is 6.20. The van der Waals surface area contributed by atoms with Crippen LogP contribution >= 0.6 is 11.6 Å². The number of hydrogen-bond donors (Lipinski definition) is 0. The maximum absolute atomic E-state index is 6.39. The summed E-state index contributed by atoms with van der Waals surface area (Å²) in [5, 5.41) is 0.358. The third-order valence-electron chi connectivity index (χ3n) is 4.35. The van der Waals surface area contributed by atoms with E-state index in [0.29, 0.717) is 11.3 Å². The van der Waals surface area contributed by atoms with Gasteiger partial charge in [-0.25, -0.2) is 0 Å². The minimum absolute atomic E-state index is 0.358. The van der Waals surface area contributed by atoms with E-state index in [2.05, 4.69) is 54.6 Å². The van der Waals surface area contributed by atoms with Crippen molar-refractivity contribution in [2.45, 2.75) is 43.4 Å². The molecule has 2 aromatic carbocycles. The van der Waals surface area contributed by atoms with Crippen LogP contribution in [0, 0.1) is 0 Å². The fraction of sp³-hybridized carbons (Fsp3) is 0.368. The average molecular weight is 285 g/mol. The summed E-state index contributed by atoms with van der Waals surface area (Å²) < 4.78 is 0. The van der Waals surface area contributed by atoms with Gasteiger partial charge < -0.3 is 0 Å². The highest BCUT2D eigenvalue weighted by atomic mass is 35.5. The van der Waals surface area contributed by atoms with E-state index in [-0.39, 0.29) is 0 Å². The zero-order valence-corrected chi connectivity index (χ0v) is 12.5. The summed E-state index contributed by atoms with van der Waals surface area (Å²) in [7, 11) is 0. The normalized spacial score (nSPS) is 23.2. The van der Waals surface area contributed by atoms with Crippen molar-refractivity contribution in [1.82, 2.24) is 0 Å². The lowest BCUT2D eigenvalue weighted by Gasteiger charge is -2.17. The van der Waals surface area contributed by atoms with E-state index in [9.17, 15) is 0 Å². The highest BCUT2D eigenvalue weighted by Crippen LogP contribution is 2.34. The van der Waals surface area contributed by atoms with Gasteiger partial charge in [0.2, 0.25) is 0 Å². The number of hydrogen-bond acceptors (Lipinski definition) is 0. The van der Waals surface area contributed by atoms with Crippen molar-refractivity contribution in [3.8, 4) is 11.1 Å². The van der Waals surface area contributed by atoms with E-state index >= 15 is 0 Å². The fourth-order valence-electron chi connectivity index (χ4n) is 3.18. The standard InChI is InChI=1S/C19H21Cl/c20-19-9-5-4-8-18(14-19)17-12-10-16(11-13-17)15-6-2-1-3-7-15/h1-3,6-7,10-13,18-19H,4-5,8-9,14H2. The first-order chi connectivity index (χ1) is 9.83. The van der Waals surface area contributed by atoms with Crippen LogP contribution in [0.15, 0.2) is 54.6 Å². The summed E-state index contributed by atoms with van der Waals surface area (Å²) in [6.45, 7) is 0. The molecule has 104 valence electrons. The molecular weight excluding hydrogens is 264 g/mol. The molecule has 2 atom stereocenters. The van der Waals surface area contributed by atoms with Crippen molar-refractivity contribution in [2.75, 3.05) is 0 Å². The van der Waals surface area contributed by atoms with Crippen LogP contribution in [0.25, 0.3) is 11.1 Å². The molecule has 0 N–H and O–H groups in total. The van der Waals surface area contributed by atoms with Gasteiger partial charge in [0.05, 0.1) is 0 Å². The van der Waals surface area contributed by atoms with E-state index < -0.39 is 0 Å². The summed E-state index contributed by atoms with van der Waals surface area (Å²) in [5.41, 5.74) is 4.04. The Morgan fingerprint density at radius 1 is 0.750 bits per heavy atom. The lowest BCUT2D eigenvalue weighted by atomic mass is 9.90. The highest BCUT2D eigenvalue weighted by Gasteiger charge is 2.19. The second-order valence-electron chi connectivity index (χ2n) is 5.80. The molecule has 0 spiro atoms. The Morgan fingerprint density at radius 2 is 1.40 bits per heavy atom. The zero-order chi connectivity index (χ0) is 13.8. The van der Waals surface area contributed by atoms with Crippen LogP contribution in [0.1, 0.15) is 43.6 Å². The van der Waals surface area contributed by atoms with E-state index in [0.717, 1.165) is 6.42 Å². The van der Waals surface area contributed by atoms with Crippen molar-refractivity contribution in [1.29, 1.82) is 0 Å².